The van der Waals surface area contributed by atoms with Crippen LogP contribution < -0.4 is 5.32 Å². The topological polar surface area (TPSA) is 149 Å². The number of carbonyl (C=O) groups is 1. The molecule has 0 aliphatic carbocycles. The maximum absolute atomic E-state index is 13.2. The number of hydrogen-bond donors (Lipinski definition) is 6. The van der Waals surface area contributed by atoms with E-state index in [1.54, 1.807) is 0 Å². The second-order valence-electron chi connectivity index (χ2n) is 26.8. The number of aliphatic hydroxyl groups is 5. The minimum absolute atomic E-state index is 0.142. The van der Waals surface area contributed by atoms with E-state index in [4.69, 9.17) is 9.47 Å². The molecule has 9 nitrogen and oxygen atoms in total. The minimum Gasteiger partial charge on any atom is -0.394 e. The van der Waals surface area contributed by atoms with Crippen LogP contribution in [0.25, 0.3) is 0 Å². The molecular weight excluding hydrogens is 1130 g/mol. The van der Waals surface area contributed by atoms with E-state index in [2.05, 4.69) is 116 Å². The molecule has 528 valence electrons. The van der Waals surface area contributed by atoms with Crippen LogP contribution in [-0.2, 0) is 14.3 Å². The molecule has 0 bridgehead atoms. The second kappa shape index (κ2) is 69.9. The molecule has 6 N–H and O–H groups in total. The number of rotatable bonds is 68. The van der Waals surface area contributed by atoms with Crippen LogP contribution >= 0.6 is 0 Å². The van der Waals surface area contributed by atoms with Crippen molar-refractivity contribution in [3.8, 4) is 0 Å². The zero-order chi connectivity index (χ0) is 65.7. The van der Waals surface area contributed by atoms with Gasteiger partial charge in [0, 0.05) is 6.42 Å². The molecule has 7 unspecified atom stereocenters. The third kappa shape index (κ3) is 58.2. The van der Waals surface area contributed by atoms with Gasteiger partial charge in [0.25, 0.3) is 0 Å². The van der Waals surface area contributed by atoms with Crippen LogP contribution in [0, 0.1) is 0 Å². The first-order valence-corrected chi connectivity index (χ1v) is 38.9. The lowest BCUT2D eigenvalue weighted by atomic mass is 9.99. The van der Waals surface area contributed by atoms with E-state index in [1.807, 2.05) is 0 Å². The molecular formula is C82H147NO8. The Morgan fingerprint density at radius 1 is 0.385 bits per heavy atom. The van der Waals surface area contributed by atoms with Crippen molar-refractivity contribution < 1.29 is 39.8 Å². The Labute approximate surface area is 562 Å². The molecule has 1 aliphatic heterocycles. The summed E-state index contributed by atoms with van der Waals surface area (Å²) in [5.41, 5.74) is 0. The zero-order valence-corrected chi connectivity index (χ0v) is 59.3. The van der Waals surface area contributed by atoms with Crippen LogP contribution in [-0.4, -0.2) is 87.5 Å². The van der Waals surface area contributed by atoms with Gasteiger partial charge < -0.3 is 40.3 Å². The average molecular weight is 1280 g/mol. The van der Waals surface area contributed by atoms with Gasteiger partial charge in [-0.05, 0) is 77.0 Å². The van der Waals surface area contributed by atoms with Crippen molar-refractivity contribution in [2.24, 2.45) is 0 Å². The van der Waals surface area contributed by atoms with Gasteiger partial charge in [0.2, 0.25) is 5.91 Å². The number of aliphatic hydroxyl groups excluding tert-OH is 5. The van der Waals surface area contributed by atoms with Gasteiger partial charge in [-0.3, -0.25) is 4.79 Å². The SMILES string of the molecule is CC/C=C\C/C=C\C/C=C\C/C=C\C/C=C\C/C=C\C/C=C\C/C=C\CCCCCCCCCCCCC(=O)NC(COC1OC(CO)C(O)C(O)C1O)C(O)CCCCCCCCCCCCCCCCCCCCCCCCCCCCCCCCCCC. The minimum atomic E-state index is -1.56. The van der Waals surface area contributed by atoms with Gasteiger partial charge in [0.15, 0.2) is 6.29 Å². The van der Waals surface area contributed by atoms with E-state index in [0.29, 0.717) is 12.8 Å². The number of ether oxygens (including phenoxy) is 2. The van der Waals surface area contributed by atoms with Crippen LogP contribution in [0.5, 0.6) is 0 Å². The standard InChI is InChI=1S/C82H147NO8/c1-3-5-7-9-11-13-15-17-19-21-23-25-27-29-31-33-35-37-38-40-42-44-46-48-50-52-54-56-58-60-62-64-66-68-70-72-78(86)83-75(74-90-82-81(89)80(88)79(87)77(73-84)91-82)76(85)71-69-67-65-63-61-59-57-55-53-51-49-47-45-43-41-39-36-34-32-30-28-26-24-22-20-18-16-14-12-10-8-6-4-2/h5,7,11,13,17,19,23,25,29,31,35,37,40,42,46,48,75-77,79-82,84-85,87-89H,3-4,6,8-10,12,14-16,18,20-22,24,26-28,30,32-34,36,38-39,41,43-45,47,49-74H2,1-2H3,(H,83,86)/b7-5-,13-11-,19-17-,25-23-,31-29-,37-35-,42-40-,48-46-. The molecule has 1 fully saturated rings. The molecule has 1 saturated heterocycles. The predicted octanol–water partition coefficient (Wildman–Crippen LogP) is 22.2. The van der Waals surface area contributed by atoms with Crippen molar-refractivity contribution in [2.75, 3.05) is 13.2 Å². The first-order chi connectivity index (χ1) is 44.8. The Morgan fingerprint density at radius 2 is 0.681 bits per heavy atom. The molecule has 1 rings (SSSR count). The highest BCUT2D eigenvalue weighted by atomic mass is 16.7. The van der Waals surface area contributed by atoms with Crippen molar-refractivity contribution in [1.82, 2.24) is 5.32 Å². The third-order valence-electron chi connectivity index (χ3n) is 18.2. The van der Waals surface area contributed by atoms with E-state index >= 15 is 0 Å². The highest BCUT2D eigenvalue weighted by molar-refractivity contribution is 5.76. The Balaban J connectivity index is 2.10. The first-order valence-electron chi connectivity index (χ1n) is 38.9. The largest absolute Gasteiger partial charge is 0.394 e. The van der Waals surface area contributed by atoms with E-state index in [1.165, 1.54) is 238 Å². The Kier molecular flexibility index (Phi) is 66.2. The number of carbonyl (C=O) groups excluding carboxylic acids is 1. The maximum Gasteiger partial charge on any atom is 0.220 e. The summed E-state index contributed by atoms with van der Waals surface area (Å²) in [6.07, 6.45) is 95.0. The van der Waals surface area contributed by atoms with Crippen LogP contribution in [0.1, 0.15) is 361 Å². The molecule has 0 aromatic carbocycles. The first kappa shape index (κ1) is 86.1. The number of amides is 1. The van der Waals surface area contributed by atoms with Crippen molar-refractivity contribution in [3.63, 3.8) is 0 Å². The lowest BCUT2D eigenvalue weighted by Crippen LogP contribution is -2.60. The molecule has 0 spiro atoms. The van der Waals surface area contributed by atoms with Crippen LogP contribution in [0.4, 0.5) is 0 Å². The quantitative estimate of drug-likeness (QED) is 0.0261. The van der Waals surface area contributed by atoms with Crippen molar-refractivity contribution in [3.05, 3.63) is 97.2 Å². The van der Waals surface area contributed by atoms with Crippen LogP contribution in [0.15, 0.2) is 97.2 Å². The fourth-order valence-electron chi connectivity index (χ4n) is 12.2. The summed E-state index contributed by atoms with van der Waals surface area (Å²) in [5, 5.41) is 55.1. The molecule has 91 heavy (non-hydrogen) atoms. The summed E-state index contributed by atoms with van der Waals surface area (Å²) in [4.78, 5) is 13.2. The van der Waals surface area contributed by atoms with E-state index < -0.39 is 49.5 Å². The second-order valence-corrected chi connectivity index (χ2v) is 26.8. The molecule has 1 heterocycles. The van der Waals surface area contributed by atoms with Gasteiger partial charge in [-0.1, -0.05) is 374 Å². The van der Waals surface area contributed by atoms with Crippen molar-refractivity contribution >= 4 is 5.91 Å². The lowest BCUT2D eigenvalue weighted by Gasteiger charge is -2.40. The number of unbranched alkanes of at least 4 members (excludes halogenated alkanes) is 42. The molecule has 0 radical (unpaired) electrons. The van der Waals surface area contributed by atoms with E-state index in [9.17, 15) is 30.3 Å². The Morgan fingerprint density at radius 3 is 1.01 bits per heavy atom. The predicted molar refractivity (Wildman–Crippen MR) is 391 cm³/mol. The highest BCUT2D eigenvalue weighted by Gasteiger charge is 2.44. The van der Waals surface area contributed by atoms with E-state index in [-0.39, 0.29) is 12.5 Å². The molecule has 0 aromatic rings. The summed E-state index contributed by atoms with van der Waals surface area (Å²) in [5.74, 6) is -0.147. The number of hydrogen-bond acceptors (Lipinski definition) is 8. The van der Waals surface area contributed by atoms with Gasteiger partial charge in [0.1, 0.15) is 24.4 Å². The fourth-order valence-corrected chi connectivity index (χ4v) is 12.2. The van der Waals surface area contributed by atoms with Gasteiger partial charge in [-0.15, -0.1) is 0 Å². The van der Waals surface area contributed by atoms with Gasteiger partial charge in [-0.25, -0.2) is 0 Å². The van der Waals surface area contributed by atoms with Crippen LogP contribution in [0.2, 0.25) is 0 Å². The monoisotopic (exact) mass is 1270 g/mol. The van der Waals surface area contributed by atoms with Crippen LogP contribution in [0.3, 0.4) is 0 Å². The Hall–Kier alpha value is -2.89. The molecule has 1 amide bonds. The zero-order valence-electron chi connectivity index (χ0n) is 59.3. The highest BCUT2D eigenvalue weighted by Crippen LogP contribution is 2.24. The summed E-state index contributed by atoms with van der Waals surface area (Å²) < 4.78 is 11.4. The maximum atomic E-state index is 13.2. The van der Waals surface area contributed by atoms with Gasteiger partial charge in [-0.2, -0.15) is 0 Å². The molecule has 7 atom stereocenters. The summed E-state index contributed by atoms with van der Waals surface area (Å²) in [6, 6.07) is -0.730. The molecule has 0 saturated carbocycles. The van der Waals surface area contributed by atoms with Crippen molar-refractivity contribution in [1.29, 1.82) is 0 Å². The summed E-state index contributed by atoms with van der Waals surface area (Å²) >= 11 is 0. The van der Waals surface area contributed by atoms with E-state index in [0.717, 1.165) is 96.3 Å². The normalized spacial score (nSPS) is 18.3. The smallest absolute Gasteiger partial charge is 0.220 e. The number of allylic oxidation sites excluding steroid dienone is 16. The third-order valence-corrected chi connectivity index (χ3v) is 18.2. The average Bonchev–Trinajstić information content (AvgIpc) is 1.58. The number of nitrogens with one attached hydrogen (secondary N) is 1. The Bertz CT molecular complexity index is 1770. The van der Waals surface area contributed by atoms with Gasteiger partial charge >= 0.3 is 0 Å². The molecule has 9 heteroatoms. The molecule has 1 aliphatic rings. The van der Waals surface area contributed by atoms with Gasteiger partial charge in [0.05, 0.1) is 25.4 Å². The lowest BCUT2D eigenvalue weighted by molar-refractivity contribution is -0.302. The van der Waals surface area contributed by atoms with Crippen molar-refractivity contribution in [2.45, 2.75) is 403 Å². The molecule has 0 aromatic heterocycles. The fraction of sp³-hybridized carbons (Fsp3) is 0.793. The summed E-state index contributed by atoms with van der Waals surface area (Å²) in [7, 11) is 0. The summed E-state index contributed by atoms with van der Waals surface area (Å²) in [6.45, 7) is 3.76.